The van der Waals surface area contributed by atoms with Gasteiger partial charge < -0.3 is 4.74 Å². The molecule has 0 N–H and O–H groups in total. The smallest absolute Gasteiger partial charge is 0.284 e. The van der Waals surface area contributed by atoms with Crippen LogP contribution in [0, 0.1) is 13.8 Å². The Hall–Kier alpha value is -2.10. The van der Waals surface area contributed by atoms with E-state index in [1.165, 1.54) is 4.68 Å². The highest BCUT2D eigenvalue weighted by Gasteiger charge is 2.14. The van der Waals surface area contributed by atoms with Gasteiger partial charge in [-0.25, -0.2) is 4.68 Å². The van der Waals surface area contributed by atoms with Gasteiger partial charge in [0.2, 0.25) is 0 Å². The maximum absolute atomic E-state index is 12.2. The van der Waals surface area contributed by atoms with E-state index in [-0.39, 0.29) is 12.5 Å². The Morgan fingerprint density at radius 1 is 1.33 bits per heavy atom. The van der Waals surface area contributed by atoms with Crippen molar-refractivity contribution < 1.29 is 9.53 Å². The SMILES string of the molecule is CC[C@H](C)c1ccccc1OCC(=O)n1nc(C)cc1C. The van der Waals surface area contributed by atoms with Gasteiger partial charge in [-0.2, -0.15) is 5.10 Å². The molecule has 1 atom stereocenters. The van der Waals surface area contributed by atoms with Crippen molar-refractivity contribution >= 4 is 5.91 Å². The van der Waals surface area contributed by atoms with E-state index in [1.807, 2.05) is 38.1 Å². The number of rotatable bonds is 5. The second-order valence-electron chi connectivity index (χ2n) is 5.37. The molecule has 2 rings (SSSR count). The van der Waals surface area contributed by atoms with E-state index in [9.17, 15) is 4.79 Å². The third-order valence-electron chi connectivity index (χ3n) is 3.66. The quantitative estimate of drug-likeness (QED) is 0.841. The molecule has 1 aromatic heterocycles. The van der Waals surface area contributed by atoms with E-state index in [0.717, 1.165) is 29.1 Å². The van der Waals surface area contributed by atoms with Gasteiger partial charge in [0, 0.05) is 5.69 Å². The zero-order valence-electron chi connectivity index (χ0n) is 13.1. The standard InChI is InChI=1S/C17H22N2O2/c1-5-12(2)15-8-6-7-9-16(15)21-11-17(20)19-14(4)10-13(3)18-19/h6-10,12H,5,11H2,1-4H3/t12-/m0/s1. The summed E-state index contributed by atoms with van der Waals surface area (Å²) in [4.78, 5) is 12.2. The molecule has 0 aliphatic heterocycles. The van der Waals surface area contributed by atoms with Crippen LogP contribution in [0.1, 0.15) is 47.9 Å². The predicted molar refractivity (Wildman–Crippen MR) is 83.0 cm³/mol. The van der Waals surface area contributed by atoms with Crippen LogP contribution >= 0.6 is 0 Å². The first-order chi connectivity index (χ1) is 10.0. The molecule has 0 saturated heterocycles. The van der Waals surface area contributed by atoms with E-state index in [4.69, 9.17) is 4.74 Å². The maximum atomic E-state index is 12.2. The van der Waals surface area contributed by atoms with Crippen molar-refractivity contribution in [3.63, 3.8) is 0 Å². The average molecular weight is 286 g/mol. The Kier molecular flexibility index (Phi) is 4.78. The Balaban J connectivity index is 2.10. The van der Waals surface area contributed by atoms with Gasteiger partial charge in [0.05, 0.1) is 5.69 Å². The van der Waals surface area contributed by atoms with E-state index in [2.05, 4.69) is 25.0 Å². The Bertz CT molecular complexity index is 631. The number of aryl methyl sites for hydroxylation is 2. The highest BCUT2D eigenvalue weighted by Crippen LogP contribution is 2.28. The van der Waals surface area contributed by atoms with Crippen LogP contribution in [0.3, 0.4) is 0 Å². The number of aromatic nitrogens is 2. The van der Waals surface area contributed by atoms with Gasteiger partial charge in [-0.3, -0.25) is 4.79 Å². The normalized spacial score (nSPS) is 12.2. The van der Waals surface area contributed by atoms with Crippen molar-refractivity contribution in [2.45, 2.75) is 40.0 Å². The number of hydrogen-bond acceptors (Lipinski definition) is 3. The number of hydrogen-bond donors (Lipinski definition) is 0. The van der Waals surface area contributed by atoms with Gasteiger partial charge in [0.25, 0.3) is 5.91 Å². The van der Waals surface area contributed by atoms with Gasteiger partial charge >= 0.3 is 0 Å². The largest absolute Gasteiger partial charge is 0.483 e. The van der Waals surface area contributed by atoms with Crippen molar-refractivity contribution in [1.29, 1.82) is 0 Å². The monoisotopic (exact) mass is 286 g/mol. The lowest BCUT2D eigenvalue weighted by Gasteiger charge is -2.15. The van der Waals surface area contributed by atoms with Gasteiger partial charge in [0.15, 0.2) is 6.61 Å². The fraction of sp³-hybridized carbons (Fsp3) is 0.412. The highest BCUT2D eigenvalue weighted by molar-refractivity contribution is 5.80. The lowest BCUT2D eigenvalue weighted by Crippen LogP contribution is -2.22. The molecular formula is C17H22N2O2. The van der Waals surface area contributed by atoms with E-state index >= 15 is 0 Å². The molecule has 4 nitrogen and oxygen atoms in total. The first-order valence-electron chi connectivity index (χ1n) is 7.31. The summed E-state index contributed by atoms with van der Waals surface area (Å²) in [7, 11) is 0. The molecule has 1 aromatic carbocycles. The summed E-state index contributed by atoms with van der Waals surface area (Å²) in [5, 5.41) is 4.18. The van der Waals surface area contributed by atoms with Gasteiger partial charge in [-0.1, -0.05) is 32.0 Å². The van der Waals surface area contributed by atoms with Crippen LogP contribution in [0.5, 0.6) is 5.75 Å². The van der Waals surface area contributed by atoms with Crippen molar-refractivity contribution in [2.75, 3.05) is 6.61 Å². The summed E-state index contributed by atoms with van der Waals surface area (Å²) in [5.74, 6) is 1.03. The average Bonchev–Trinajstić information content (AvgIpc) is 2.83. The zero-order chi connectivity index (χ0) is 15.4. The molecule has 0 amide bonds. The fourth-order valence-corrected chi connectivity index (χ4v) is 2.32. The summed E-state index contributed by atoms with van der Waals surface area (Å²) in [6.07, 6.45) is 1.03. The highest BCUT2D eigenvalue weighted by atomic mass is 16.5. The number of para-hydroxylation sites is 1. The Labute approximate surface area is 125 Å². The number of ether oxygens (including phenoxy) is 1. The molecule has 2 aromatic rings. The third kappa shape index (κ3) is 3.51. The molecule has 4 heteroatoms. The van der Waals surface area contributed by atoms with Crippen LogP contribution in [-0.4, -0.2) is 22.3 Å². The second-order valence-corrected chi connectivity index (χ2v) is 5.37. The Morgan fingerprint density at radius 2 is 2.05 bits per heavy atom. The summed E-state index contributed by atoms with van der Waals surface area (Å²) < 4.78 is 7.13. The molecule has 0 saturated carbocycles. The van der Waals surface area contributed by atoms with Gasteiger partial charge in [-0.05, 0) is 43.9 Å². The second kappa shape index (κ2) is 6.57. The molecule has 0 bridgehead atoms. The van der Waals surface area contributed by atoms with E-state index < -0.39 is 0 Å². The van der Waals surface area contributed by atoms with Crippen molar-refractivity contribution in [3.05, 3.63) is 47.3 Å². The van der Waals surface area contributed by atoms with Crippen LogP contribution in [0.25, 0.3) is 0 Å². The number of carbonyl (C=O) groups is 1. The predicted octanol–water partition coefficient (Wildman–Crippen LogP) is 3.73. The molecule has 1 heterocycles. The summed E-state index contributed by atoms with van der Waals surface area (Å²) >= 11 is 0. The molecule has 0 fully saturated rings. The molecule has 0 radical (unpaired) electrons. The first kappa shape index (κ1) is 15.3. The number of nitrogens with zero attached hydrogens (tertiary/aromatic N) is 2. The summed E-state index contributed by atoms with van der Waals surface area (Å²) in [5.41, 5.74) is 2.80. The molecule has 0 unspecified atom stereocenters. The minimum Gasteiger partial charge on any atom is -0.483 e. The lowest BCUT2D eigenvalue weighted by molar-refractivity contribution is 0.0817. The maximum Gasteiger partial charge on any atom is 0.284 e. The van der Waals surface area contributed by atoms with Crippen LogP contribution in [0.4, 0.5) is 0 Å². The number of carbonyl (C=O) groups excluding carboxylic acids is 1. The number of benzene rings is 1. The molecule has 21 heavy (non-hydrogen) atoms. The summed E-state index contributed by atoms with van der Waals surface area (Å²) in [6, 6.07) is 9.77. The lowest BCUT2D eigenvalue weighted by atomic mass is 9.98. The minimum absolute atomic E-state index is 0.00456. The molecule has 0 aliphatic rings. The van der Waals surface area contributed by atoms with E-state index in [1.54, 1.807) is 0 Å². The third-order valence-corrected chi connectivity index (χ3v) is 3.66. The van der Waals surface area contributed by atoms with Crippen molar-refractivity contribution in [2.24, 2.45) is 0 Å². The fourth-order valence-electron chi connectivity index (χ4n) is 2.32. The van der Waals surface area contributed by atoms with E-state index in [0.29, 0.717) is 5.92 Å². The molecular weight excluding hydrogens is 264 g/mol. The Morgan fingerprint density at radius 3 is 2.67 bits per heavy atom. The topological polar surface area (TPSA) is 44.1 Å². The van der Waals surface area contributed by atoms with Crippen molar-refractivity contribution in [3.8, 4) is 5.75 Å². The van der Waals surface area contributed by atoms with Crippen LogP contribution in [-0.2, 0) is 0 Å². The molecule has 0 spiro atoms. The molecule has 0 aliphatic carbocycles. The zero-order valence-corrected chi connectivity index (χ0v) is 13.1. The van der Waals surface area contributed by atoms with Crippen LogP contribution < -0.4 is 4.74 Å². The van der Waals surface area contributed by atoms with Crippen molar-refractivity contribution in [1.82, 2.24) is 9.78 Å². The summed E-state index contributed by atoms with van der Waals surface area (Å²) in [6.45, 7) is 8.03. The molecule has 112 valence electrons. The van der Waals surface area contributed by atoms with Crippen LogP contribution in [0.2, 0.25) is 0 Å². The van der Waals surface area contributed by atoms with Gasteiger partial charge in [-0.15, -0.1) is 0 Å². The minimum atomic E-state index is -0.153. The van der Waals surface area contributed by atoms with Crippen LogP contribution in [0.15, 0.2) is 30.3 Å². The van der Waals surface area contributed by atoms with Gasteiger partial charge in [0.1, 0.15) is 5.75 Å². The first-order valence-corrected chi connectivity index (χ1v) is 7.31.